The van der Waals surface area contributed by atoms with E-state index in [4.69, 9.17) is 4.74 Å². The molecule has 82 valence electrons. The first-order valence-electron chi connectivity index (χ1n) is 6.13. The van der Waals surface area contributed by atoms with Crippen molar-refractivity contribution in [3.63, 3.8) is 0 Å². The molecule has 14 heavy (non-hydrogen) atoms. The molecule has 1 heterocycles. The Morgan fingerprint density at radius 3 is 3.07 bits per heavy atom. The molecule has 2 heteroatoms. The molecule has 0 aromatic carbocycles. The van der Waals surface area contributed by atoms with Gasteiger partial charge in [0, 0.05) is 13.1 Å². The van der Waals surface area contributed by atoms with Crippen molar-refractivity contribution < 1.29 is 4.74 Å². The average molecular weight is 197 g/mol. The monoisotopic (exact) mass is 197 g/mol. The lowest BCUT2D eigenvalue weighted by Gasteiger charge is -2.45. The Hall–Kier alpha value is -0.0800. The van der Waals surface area contributed by atoms with Crippen LogP contribution in [0.15, 0.2) is 0 Å². The molecule has 0 bridgehead atoms. The lowest BCUT2D eigenvalue weighted by Crippen LogP contribution is -2.55. The Kier molecular flexibility index (Phi) is 3.13. The second-order valence-electron chi connectivity index (χ2n) is 5.16. The maximum absolute atomic E-state index is 6.27. The van der Waals surface area contributed by atoms with Crippen LogP contribution in [0.5, 0.6) is 0 Å². The van der Waals surface area contributed by atoms with Gasteiger partial charge in [-0.1, -0.05) is 26.7 Å². The molecule has 3 unspecified atom stereocenters. The summed E-state index contributed by atoms with van der Waals surface area (Å²) in [6, 6.07) is 0. The second kappa shape index (κ2) is 4.19. The van der Waals surface area contributed by atoms with Gasteiger partial charge in [-0.3, -0.25) is 0 Å². The highest BCUT2D eigenvalue weighted by atomic mass is 16.5. The third kappa shape index (κ3) is 2.12. The summed E-state index contributed by atoms with van der Waals surface area (Å²) in [5, 5.41) is 3.54. The van der Waals surface area contributed by atoms with Crippen LogP contribution in [-0.2, 0) is 4.74 Å². The number of nitrogens with one attached hydrogen (secondary N) is 1. The molecule has 3 atom stereocenters. The van der Waals surface area contributed by atoms with Crippen molar-refractivity contribution in [2.75, 3.05) is 13.1 Å². The molecule has 1 saturated heterocycles. The molecular formula is C12H23NO. The summed E-state index contributed by atoms with van der Waals surface area (Å²) < 4.78 is 6.27. The van der Waals surface area contributed by atoms with Crippen LogP contribution in [0.25, 0.3) is 0 Å². The Bertz CT molecular complexity index is 191. The molecular weight excluding hydrogens is 174 g/mol. The number of rotatable bonds is 1. The predicted octanol–water partition coefficient (Wildman–Crippen LogP) is 2.33. The van der Waals surface area contributed by atoms with Crippen LogP contribution in [0.1, 0.15) is 46.0 Å². The third-order valence-electron chi connectivity index (χ3n) is 3.74. The molecule has 0 radical (unpaired) electrons. The van der Waals surface area contributed by atoms with E-state index in [1.54, 1.807) is 0 Å². The summed E-state index contributed by atoms with van der Waals surface area (Å²) >= 11 is 0. The van der Waals surface area contributed by atoms with Crippen molar-refractivity contribution in [1.82, 2.24) is 5.32 Å². The molecule has 1 saturated carbocycles. The van der Waals surface area contributed by atoms with Crippen LogP contribution < -0.4 is 5.32 Å². The first-order valence-corrected chi connectivity index (χ1v) is 6.13. The second-order valence-corrected chi connectivity index (χ2v) is 5.16. The van der Waals surface area contributed by atoms with Crippen LogP contribution in [-0.4, -0.2) is 24.8 Å². The lowest BCUT2D eigenvalue weighted by atomic mass is 9.78. The van der Waals surface area contributed by atoms with E-state index >= 15 is 0 Å². The fraction of sp³-hybridized carbons (Fsp3) is 1.00. The predicted molar refractivity (Wildman–Crippen MR) is 58.4 cm³/mol. The Morgan fingerprint density at radius 2 is 2.36 bits per heavy atom. The zero-order valence-corrected chi connectivity index (χ0v) is 9.51. The summed E-state index contributed by atoms with van der Waals surface area (Å²) in [5.41, 5.74) is 0.191. The van der Waals surface area contributed by atoms with Crippen LogP contribution in [0.3, 0.4) is 0 Å². The van der Waals surface area contributed by atoms with E-state index in [1.807, 2.05) is 0 Å². The van der Waals surface area contributed by atoms with E-state index in [0.717, 1.165) is 25.4 Å². The summed E-state index contributed by atoms with van der Waals surface area (Å²) in [5.74, 6) is 0.848. The first kappa shape index (κ1) is 10.4. The molecule has 2 rings (SSSR count). The summed E-state index contributed by atoms with van der Waals surface area (Å²) in [7, 11) is 0. The Morgan fingerprint density at radius 1 is 1.50 bits per heavy atom. The quantitative estimate of drug-likeness (QED) is 0.696. The number of hydrogen-bond acceptors (Lipinski definition) is 2. The first-order chi connectivity index (χ1) is 6.74. The Labute approximate surface area is 87.4 Å². The summed E-state index contributed by atoms with van der Waals surface area (Å²) in [6.07, 6.45) is 6.86. The van der Waals surface area contributed by atoms with E-state index < -0.39 is 0 Å². The van der Waals surface area contributed by atoms with Crippen molar-refractivity contribution in [2.24, 2.45) is 5.92 Å². The molecule has 0 amide bonds. The minimum absolute atomic E-state index is 0.191. The maximum Gasteiger partial charge on any atom is 0.0813 e. The SMILES string of the molecule is CCC1CNCC2(CCCC(C)C2)O1. The standard InChI is InChI=1S/C12H23NO/c1-3-11-8-13-9-12(14-11)6-4-5-10(2)7-12/h10-11,13H,3-9H2,1-2H3. The van der Waals surface area contributed by atoms with Gasteiger partial charge in [-0.25, -0.2) is 0 Å². The van der Waals surface area contributed by atoms with Gasteiger partial charge in [0.25, 0.3) is 0 Å². The fourth-order valence-electron chi connectivity index (χ4n) is 3.00. The minimum Gasteiger partial charge on any atom is -0.369 e. The zero-order chi connectivity index (χ0) is 10.0. The smallest absolute Gasteiger partial charge is 0.0813 e. The topological polar surface area (TPSA) is 21.3 Å². The normalized spacial score (nSPS) is 44.1. The van der Waals surface area contributed by atoms with Crippen molar-refractivity contribution >= 4 is 0 Å². The van der Waals surface area contributed by atoms with Gasteiger partial charge >= 0.3 is 0 Å². The number of hydrogen-bond donors (Lipinski definition) is 1. The van der Waals surface area contributed by atoms with Crippen molar-refractivity contribution in [3.8, 4) is 0 Å². The van der Waals surface area contributed by atoms with Crippen LogP contribution in [0.2, 0.25) is 0 Å². The van der Waals surface area contributed by atoms with Crippen molar-refractivity contribution in [3.05, 3.63) is 0 Å². The van der Waals surface area contributed by atoms with Gasteiger partial charge in [-0.05, 0) is 25.2 Å². The largest absolute Gasteiger partial charge is 0.369 e. The maximum atomic E-state index is 6.27. The van der Waals surface area contributed by atoms with Gasteiger partial charge in [0.05, 0.1) is 11.7 Å². The van der Waals surface area contributed by atoms with Crippen molar-refractivity contribution in [2.45, 2.75) is 57.7 Å². The molecule has 0 aromatic heterocycles. The van der Waals surface area contributed by atoms with Gasteiger partial charge in [-0.2, -0.15) is 0 Å². The van der Waals surface area contributed by atoms with E-state index in [-0.39, 0.29) is 5.60 Å². The number of morpholine rings is 1. The van der Waals surface area contributed by atoms with Gasteiger partial charge in [0.1, 0.15) is 0 Å². The van der Waals surface area contributed by atoms with Crippen LogP contribution in [0.4, 0.5) is 0 Å². The molecule has 2 fully saturated rings. The molecule has 1 spiro atoms. The van der Waals surface area contributed by atoms with E-state index in [1.165, 1.54) is 25.7 Å². The van der Waals surface area contributed by atoms with E-state index in [9.17, 15) is 0 Å². The van der Waals surface area contributed by atoms with E-state index in [2.05, 4.69) is 19.2 Å². The molecule has 1 aliphatic heterocycles. The highest BCUT2D eigenvalue weighted by Crippen LogP contribution is 2.37. The molecule has 2 aliphatic rings. The van der Waals surface area contributed by atoms with Crippen LogP contribution in [0, 0.1) is 5.92 Å². The number of ether oxygens (including phenoxy) is 1. The lowest BCUT2D eigenvalue weighted by molar-refractivity contribution is -0.141. The van der Waals surface area contributed by atoms with Gasteiger partial charge in [-0.15, -0.1) is 0 Å². The zero-order valence-electron chi connectivity index (χ0n) is 9.51. The minimum atomic E-state index is 0.191. The molecule has 0 aromatic rings. The highest BCUT2D eigenvalue weighted by Gasteiger charge is 2.39. The Balaban J connectivity index is 1.99. The summed E-state index contributed by atoms with van der Waals surface area (Å²) in [6.45, 7) is 6.71. The fourth-order valence-corrected chi connectivity index (χ4v) is 3.00. The molecule has 1 aliphatic carbocycles. The van der Waals surface area contributed by atoms with Gasteiger partial charge in [0.2, 0.25) is 0 Å². The van der Waals surface area contributed by atoms with Crippen LogP contribution >= 0.6 is 0 Å². The average Bonchev–Trinajstić information content (AvgIpc) is 2.17. The molecule has 1 N–H and O–H groups in total. The van der Waals surface area contributed by atoms with Gasteiger partial charge < -0.3 is 10.1 Å². The summed E-state index contributed by atoms with van der Waals surface area (Å²) in [4.78, 5) is 0. The van der Waals surface area contributed by atoms with Crippen molar-refractivity contribution in [1.29, 1.82) is 0 Å². The van der Waals surface area contributed by atoms with E-state index in [0.29, 0.717) is 6.10 Å². The molecule has 2 nitrogen and oxygen atoms in total. The third-order valence-corrected chi connectivity index (χ3v) is 3.74. The van der Waals surface area contributed by atoms with Gasteiger partial charge in [0.15, 0.2) is 0 Å². The highest BCUT2D eigenvalue weighted by molar-refractivity contribution is 4.93.